The van der Waals surface area contributed by atoms with Crippen LogP contribution in [-0.2, 0) is 24.3 Å². The van der Waals surface area contributed by atoms with Gasteiger partial charge in [-0.1, -0.05) is 0 Å². The molecule has 1 aromatic carbocycles. The molecule has 2 saturated heterocycles. The largest absolute Gasteiger partial charge is 0.379 e. The summed E-state index contributed by atoms with van der Waals surface area (Å²) < 4.78 is 32.0. The smallest absolute Gasteiger partial charge is 0.243 e. The van der Waals surface area contributed by atoms with Gasteiger partial charge in [-0.25, -0.2) is 8.42 Å². The average Bonchev–Trinajstić information content (AvgIpc) is 2.79. The van der Waals surface area contributed by atoms with Gasteiger partial charge in [0.15, 0.2) is 0 Å². The fourth-order valence-corrected chi connectivity index (χ4v) is 5.37. The monoisotopic (exact) mass is 452 g/mol. The van der Waals surface area contributed by atoms with Crippen molar-refractivity contribution < 1.29 is 22.7 Å². The number of ether oxygens (including phenoxy) is 1. The summed E-state index contributed by atoms with van der Waals surface area (Å²) in [5, 5.41) is 2.87. The van der Waals surface area contributed by atoms with Gasteiger partial charge in [0.05, 0.1) is 24.2 Å². The Labute approximate surface area is 184 Å². The van der Waals surface area contributed by atoms with Crippen LogP contribution >= 0.6 is 0 Å². The van der Waals surface area contributed by atoms with E-state index in [4.69, 9.17) is 4.74 Å². The van der Waals surface area contributed by atoms with E-state index >= 15 is 0 Å². The molecule has 0 saturated carbocycles. The van der Waals surface area contributed by atoms with Gasteiger partial charge in [0.25, 0.3) is 0 Å². The molecule has 2 heterocycles. The van der Waals surface area contributed by atoms with E-state index < -0.39 is 10.0 Å². The van der Waals surface area contributed by atoms with Gasteiger partial charge in [-0.15, -0.1) is 0 Å². The van der Waals surface area contributed by atoms with Crippen molar-refractivity contribution in [1.29, 1.82) is 0 Å². The Morgan fingerprint density at radius 1 is 1.06 bits per heavy atom. The highest BCUT2D eigenvalue weighted by Crippen LogP contribution is 2.22. The van der Waals surface area contributed by atoms with E-state index in [1.54, 1.807) is 31.1 Å². The molecule has 1 N–H and O–H groups in total. The molecule has 0 bridgehead atoms. The number of anilines is 1. The summed E-state index contributed by atoms with van der Waals surface area (Å²) in [5.41, 5.74) is 0.551. The number of carbonyl (C=O) groups excluding carboxylic acids is 2. The minimum absolute atomic E-state index is 0.0162. The standard InChI is InChI=1S/C21H32N4O5S/c1-16(24-10-8-17(9-11-24)21(27)23(2)3)20(26)22-18-4-6-19(7-5-18)31(28,29)25-12-14-30-15-13-25/h4-7,16-17H,8-15H2,1-3H3,(H,22,26)/t16-/m1/s1. The van der Waals surface area contributed by atoms with E-state index in [1.807, 2.05) is 6.92 Å². The van der Waals surface area contributed by atoms with Crippen LogP contribution in [0.15, 0.2) is 29.2 Å². The molecule has 0 spiro atoms. The molecule has 2 fully saturated rings. The molecular formula is C21H32N4O5S. The van der Waals surface area contributed by atoms with E-state index in [2.05, 4.69) is 10.2 Å². The van der Waals surface area contributed by atoms with E-state index in [0.29, 0.717) is 45.1 Å². The van der Waals surface area contributed by atoms with Crippen molar-refractivity contribution in [2.24, 2.45) is 5.92 Å². The Balaban J connectivity index is 1.55. The number of amides is 2. The number of benzene rings is 1. The van der Waals surface area contributed by atoms with Crippen molar-refractivity contribution in [3.63, 3.8) is 0 Å². The van der Waals surface area contributed by atoms with Crippen LogP contribution in [0.25, 0.3) is 0 Å². The molecule has 2 amide bonds. The highest BCUT2D eigenvalue weighted by molar-refractivity contribution is 7.89. The number of carbonyl (C=O) groups is 2. The van der Waals surface area contributed by atoms with Gasteiger partial charge in [0.2, 0.25) is 21.8 Å². The van der Waals surface area contributed by atoms with E-state index in [9.17, 15) is 18.0 Å². The lowest BCUT2D eigenvalue weighted by Crippen LogP contribution is -2.48. The summed E-state index contributed by atoms with van der Waals surface area (Å²) >= 11 is 0. The van der Waals surface area contributed by atoms with Gasteiger partial charge >= 0.3 is 0 Å². The Bertz CT molecular complexity index is 874. The van der Waals surface area contributed by atoms with Crippen molar-refractivity contribution >= 4 is 27.5 Å². The number of nitrogens with zero attached hydrogens (tertiary/aromatic N) is 3. The summed E-state index contributed by atoms with van der Waals surface area (Å²) in [4.78, 5) is 28.7. The number of rotatable bonds is 6. The number of sulfonamides is 1. The van der Waals surface area contributed by atoms with Crippen LogP contribution in [0.3, 0.4) is 0 Å². The molecule has 1 atom stereocenters. The zero-order valence-corrected chi connectivity index (χ0v) is 19.2. The number of likely N-dealkylation sites (tertiary alicyclic amines) is 1. The molecule has 2 aliphatic rings. The summed E-state index contributed by atoms with van der Waals surface area (Å²) in [7, 11) is -0.0256. The maximum Gasteiger partial charge on any atom is 0.243 e. The van der Waals surface area contributed by atoms with Crippen molar-refractivity contribution in [3.8, 4) is 0 Å². The van der Waals surface area contributed by atoms with Crippen molar-refractivity contribution in [1.82, 2.24) is 14.1 Å². The highest BCUT2D eigenvalue weighted by atomic mass is 32.2. The molecule has 1 aromatic rings. The van der Waals surface area contributed by atoms with E-state index in [0.717, 1.165) is 12.8 Å². The van der Waals surface area contributed by atoms with Crippen LogP contribution in [0.4, 0.5) is 5.69 Å². The van der Waals surface area contributed by atoms with Gasteiger partial charge in [0.1, 0.15) is 0 Å². The predicted molar refractivity (Wildman–Crippen MR) is 117 cm³/mol. The van der Waals surface area contributed by atoms with Gasteiger partial charge in [-0.2, -0.15) is 4.31 Å². The number of hydrogen-bond acceptors (Lipinski definition) is 6. The molecule has 0 unspecified atom stereocenters. The van der Waals surface area contributed by atoms with Gasteiger partial charge < -0.3 is 15.0 Å². The first kappa shape index (κ1) is 23.6. The Morgan fingerprint density at radius 2 is 1.65 bits per heavy atom. The lowest BCUT2D eigenvalue weighted by Gasteiger charge is -2.35. The SMILES string of the molecule is C[C@H](C(=O)Nc1ccc(S(=O)(=O)N2CCOCC2)cc1)N1CCC(C(=O)N(C)C)CC1. The number of nitrogens with one attached hydrogen (secondary N) is 1. The molecule has 9 nitrogen and oxygen atoms in total. The second kappa shape index (κ2) is 10.1. The molecule has 0 radical (unpaired) electrons. The fraction of sp³-hybridized carbons (Fsp3) is 0.619. The first-order valence-corrected chi connectivity index (χ1v) is 12.1. The molecule has 0 aliphatic carbocycles. The van der Waals surface area contributed by atoms with Crippen LogP contribution in [0.1, 0.15) is 19.8 Å². The van der Waals surface area contributed by atoms with E-state index in [1.165, 1.54) is 16.4 Å². The molecule has 2 aliphatic heterocycles. The Kier molecular flexibility index (Phi) is 7.68. The van der Waals surface area contributed by atoms with Crippen LogP contribution in [0, 0.1) is 5.92 Å². The second-order valence-corrected chi connectivity index (χ2v) is 10.2. The zero-order valence-electron chi connectivity index (χ0n) is 18.4. The normalized spacial score (nSPS) is 20.2. The van der Waals surface area contributed by atoms with Gasteiger partial charge in [0, 0.05) is 38.8 Å². The first-order chi connectivity index (χ1) is 14.7. The maximum absolute atomic E-state index is 12.7. The van der Waals surface area contributed by atoms with Crippen LogP contribution < -0.4 is 5.32 Å². The minimum atomic E-state index is -3.56. The molecule has 3 rings (SSSR count). The number of morpholine rings is 1. The topological polar surface area (TPSA) is 99.3 Å². The average molecular weight is 453 g/mol. The fourth-order valence-electron chi connectivity index (χ4n) is 3.96. The maximum atomic E-state index is 12.7. The van der Waals surface area contributed by atoms with Crippen LogP contribution in [0.5, 0.6) is 0 Å². The quantitative estimate of drug-likeness (QED) is 0.687. The predicted octanol–water partition coefficient (Wildman–Crippen LogP) is 0.835. The van der Waals surface area contributed by atoms with Crippen molar-refractivity contribution in [2.75, 3.05) is 58.8 Å². The Hall–Kier alpha value is -2.01. The Morgan fingerprint density at radius 3 is 2.19 bits per heavy atom. The summed E-state index contributed by atoms with van der Waals surface area (Å²) in [6, 6.07) is 5.92. The van der Waals surface area contributed by atoms with Crippen molar-refractivity contribution in [3.05, 3.63) is 24.3 Å². The first-order valence-electron chi connectivity index (χ1n) is 10.6. The second-order valence-electron chi connectivity index (χ2n) is 8.25. The summed E-state index contributed by atoms with van der Waals surface area (Å²) in [6.45, 7) is 4.70. The lowest BCUT2D eigenvalue weighted by atomic mass is 9.94. The molecular weight excluding hydrogens is 420 g/mol. The molecule has 10 heteroatoms. The number of hydrogen-bond donors (Lipinski definition) is 1. The lowest BCUT2D eigenvalue weighted by molar-refractivity contribution is -0.134. The van der Waals surface area contributed by atoms with E-state index in [-0.39, 0.29) is 28.7 Å². The third-order valence-electron chi connectivity index (χ3n) is 5.98. The van der Waals surface area contributed by atoms with Crippen LogP contribution in [-0.4, -0.2) is 93.9 Å². The van der Waals surface area contributed by atoms with Gasteiger partial charge in [-0.05, 0) is 57.1 Å². The minimum Gasteiger partial charge on any atom is -0.379 e. The summed E-state index contributed by atoms with van der Waals surface area (Å²) in [5.74, 6) is 0.00696. The van der Waals surface area contributed by atoms with Crippen molar-refractivity contribution in [2.45, 2.75) is 30.7 Å². The zero-order chi connectivity index (χ0) is 22.6. The molecule has 0 aromatic heterocycles. The molecule has 172 valence electrons. The van der Waals surface area contributed by atoms with Crippen LogP contribution in [0.2, 0.25) is 0 Å². The summed E-state index contributed by atoms with van der Waals surface area (Å²) in [6.07, 6.45) is 1.48. The third kappa shape index (κ3) is 5.62. The molecule has 31 heavy (non-hydrogen) atoms. The highest BCUT2D eigenvalue weighted by Gasteiger charge is 2.30. The third-order valence-corrected chi connectivity index (χ3v) is 7.89. The van der Waals surface area contributed by atoms with Gasteiger partial charge in [-0.3, -0.25) is 14.5 Å². The number of piperidine rings is 1.